The molecule has 0 heterocycles. The number of nitrogens with two attached hydrogens (primary N) is 1. The molecule has 0 aliphatic heterocycles. The molecule has 0 fully saturated rings. The molecule has 2 aromatic rings. The number of anilines is 2. The number of hydrogen-bond donors (Lipinski definition) is 2. The maximum Gasteiger partial charge on any atom is 0.124 e. The highest BCUT2D eigenvalue weighted by atomic mass is 35.5. The van der Waals surface area contributed by atoms with E-state index >= 15 is 0 Å². The molecular formula is C14H12ClFN2S. The van der Waals surface area contributed by atoms with Crippen molar-refractivity contribution in [1.82, 2.24) is 0 Å². The van der Waals surface area contributed by atoms with Crippen LogP contribution < -0.4 is 11.1 Å². The number of halogens is 2. The van der Waals surface area contributed by atoms with Gasteiger partial charge in [-0.3, -0.25) is 0 Å². The minimum atomic E-state index is -0.379. The molecule has 98 valence electrons. The van der Waals surface area contributed by atoms with Crippen molar-refractivity contribution in [1.29, 1.82) is 0 Å². The van der Waals surface area contributed by atoms with Gasteiger partial charge in [-0.1, -0.05) is 29.9 Å². The Kier molecular flexibility index (Phi) is 4.02. The quantitative estimate of drug-likeness (QED) is 0.835. The predicted molar refractivity (Wildman–Crippen MR) is 81.8 cm³/mol. The highest BCUT2D eigenvalue weighted by Crippen LogP contribution is 2.28. The van der Waals surface area contributed by atoms with Crippen LogP contribution in [0, 0.1) is 12.7 Å². The van der Waals surface area contributed by atoms with E-state index in [2.05, 4.69) is 5.32 Å². The molecule has 0 aliphatic carbocycles. The first kappa shape index (κ1) is 13.8. The lowest BCUT2D eigenvalue weighted by Crippen LogP contribution is -2.12. The van der Waals surface area contributed by atoms with Crippen molar-refractivity contribution < 1.29 is 4.39 Å². The lowest BCUT2D eigenvalue weighted by molar-refractivity contribution is 0.628. The van der Waals surface area contributed by atoms with Crippen LogP contribution in [-0.4, -0.2) is 4.99 Å². The maximum absolute atomic E-state index is 13.2. The number of benzene rings is 2. The first-order valence-corrected chi connectivity index (χ1v) is 6.39. The van der Waals surface area contributed by atoms with Gasteiger partial charge in [0, 0.05) is 22.0 Å². The molecule has 0 saturated carbocycles. The van der Waals surface area contributed by atoms with Gasteiger partial charge in [0.15, 0.2) is 0 Å². The van der Waals surface area contributed by atoms with Crippen LogP contribution in [-0.2, 0) is 0 Å². The third-order valence-corrected chi connectivity index (χ3v) is 3.41. The van der Waals surface area contributed by atoms with Gasteiger partial charge in [-0.2, -0.15) is 0 Å². The third kappa shape index (κ3) is 3.03. The zero-order valence-electron chi connectivity index (χ0n) is 10.2. The van der Waals surface area contributed by atoms with Crippen molar-refractivity contribution in [3.63, 3.8) is 0 Å². The van der Waals surface area contributed by atoms with E-state index in [1.54, 1.807) is 12.1 Å². The number of rotatable bonds is 3. The summed E-state index contributed by atoms with van der Waals surface area (Å²) in [7, 11) is 0. The SMILES string of the molecule is Cc1c(Cl)cccc1Nc1ccc(F)cc1C(N)=S. The Morgan fingerprint density at radius 2 is 2.00 bits per heavy atom. The second-order valence-corrected chi connectivity index (χ2v) is 4.94. The Hall–Kier alpha value is -1.65. The monoisotopic (exact) mass is 294 g/mol. The summed E-state index contributed by atoms with van der Waals surface area (Å²) in [6.07, 6.45) is 0. The second-order valence-electron chi connectivity index (χ2n) is 4.09. The summed E-state index contributed by atoms with van der Waals surface area (Å²) < 4.78 is 13.2. The zero-order chi connectivity index (χ0) is 14.0. The highest BCUT2D eigenvalue weighted by Gasteiger charge is 2.09. The van der Waals surface area contributed by atoms with Gasteiger partial charge in [-0.05, 0) is 42.8 Å². The zero-order valence-corrected chi connectivity index (χ0v) is 11.8. The van der Waals surface area contributed by atoms with Gasteiger partial charge in [0.2, 0.25) is 0 Å². The van der Waals surface area contributed by atoms with E-state index in [0.717, 1.165) is 11.3 Å². The second kappa shape index (κ2) is 5.55. The van der Waals surface area contributed by atoms with Gasteiger partial charge in [0.25, 0.3) is 0 Å². The van der Waals surface area contributed by atoms with Crippen LogP contribution in [0.25, 0.3) is 0 Å². The van der Waals surface area contributed by atoms with Crippen molar-refractivity contribution in [3.05, 3.63) is 58.4 Å². The van der Waals surface area contributed by atoms with E-state index in [1.807, 2.05) is 19.1 Å². The summed E-state index contributed by atoms with van der Waals surface area (Å²) in [6, 6.07) is 9.79. The van der Waals surface area contributed by atoms with Gasteiger partial charge in [0.05, 0.1) is 0 Å². The van der Waals surface area contributed by atoms with E-state index in [4.69, 9.17) is 29.6 Å². The van der Waals surface area contributed by atoms with E-state index in [0.29, 0.717) is 16.3 Å². The molecule has 0 unspecified atom stereocenters. The first-order valence-electron chi connectivity index (χ1n) is 5.60. The molecule has 0 aromatic heterocycles. The van der Waals surface area contributed by atoms with Crippen molar-refractivity contribution in [2.45, 2.75) is 6.92 Å². The normalized spacial score (nSPS) is 10.3. The molecule has 0 spiro atoms. The lowest BCUT2D eigenvalue weighted by Gasteiger charge is -2.14. The molecule has 0 atom stereocenters. The molecule has 2 rings (SSSR count). The fourth-order valence-corrected chi connectivity index (χ4v) is 2.06. The summed E-state index contributed by atoms with van der Waals surface area (Å²) in [5.74, 6) is -0.379. The standard InChI is InChI=1S/C14H12ClFN2S/c1-8-11(15)3-2-4-12(8)18-13-6-5-9(16)7-10(13)14(17)19/h2-7,18H,1H3,(H2,17,19). The van der Waals surface area contributed by atoms with Gasteiger partial charge < -0.3 is 11.1 Å². The number of nitrogens with one attached hydrogen (secondary N) is 1. The molecule has 5 heteroatoms. The molecule has 0 aliphatic rings. The van der Waals surface area contributed by atoms with Crippen LogP contribution in [0.1, 0.15) is 11.1 Å². The predicted octanol–water partition coefficient (Wildman–Crippen LogP) is 4.17. The average Bonchev–Trinajstić information content (AvgIpc) is 2.36. The van der Waals surface area contributed by atoms with Crippen LogP contribution in [0.3, 0.4) is 0 Å². The molecule has 0 saturated heterocycles. The van der Waals surface area contributed by atoms with E-state index < -0.39 is 0 Å². The van der Waals surface area contributed by atoms with Crippen molar-refractivity contribution in [2.24, 2.45) is 5.73 Å². The van der Waals surface area contributed by atoms with Crippen LogP contribution >= 0.6 is 23.8 Å². The molecule has 0 radical (unpaired) electrons. The van der Waals surface area contributed by atoms with Gasteiger partial charge in [0.1, 0.15) is 10.8 Å². The molecular weight excluding hydrogens is 283 g/mol. The summed E-state index contributed by atoms with van der Waals surface area (Å²) in [4.78, 5) is 0.140. The van der Waals surface area contributed by atoms with E-state index in [-0.39, 0.29) is 10.8 Å². The van der Waals surface area contributed by atoms with Gasteiger partial charge in [-0.15, -0.1) is 0 Å². The largest absolute Gasteiger partial charge is 0.389 e. The molecule has 0 amide bonds. The molecule has 3 N–H and O–H groups in total. The van der Waals surface area contributed by atoms with Crippen LogP contribution in [0.15, 0.2) is 36.4 Å². The molecule has 2 aromatic carbocycles. The minimum Gasteiger partial charge on any atom is -0.389 e. The van der Waals surface area contributed by atoms with E-state index in [1.165, 1.54) is 12.1 Å². The lowest BCUT2D eigenvalue weighted by atomic mass is 10.1. The van der Waals surface area contributed by atoms with Crippen molar-refractivity contribution in [3.8, 4) is 0 Å². The van der Waals surface area contributed by atoms with Crippen molar-refractivity contribution in [2.75, 3.05) is 5.32 Å². The fraction of sp³-hybridized carbons (Fsp3) is 0.0714. The molecule has 0 bridgehead atoms. The smallest absolute Gasteiger partial charge is 0.124 e. The van der Waals surface area contributed by atoms with Gasteiger partial charge in [-0.25, -0.2) is 4.39 Å². The Morgan fingerprint density at radius 1 is 1.26 bits per heavy atom. The number of hydrogen-bond acceptors (Lipinski definition) is 2. The van der Waals surface area contributed by atoms with Crippen LogP contribution in [0.2, 0.25) is 5.02 Å². The van der Waals surface area contributed by atoms with Crippen molar-refractivity contribution >= 4 is 40.2 Å². The maximum atomic E-state index is 13.2. The Balaban J connectivity index is 2.44. The number of thiocarbonyl (C=S) groups is 1. The Labute approximate surface area is 121 Å². The summed E-state index contributed by atoms with van der Waals surface area (Å²) in [5.41, 5.74) is 8.46. The Bertz CT molecular complexity index is 643. The fourth-order valence-electron chi connectivity index (χ4n) is 1.72. The van der Waals surface area contributed by atoms with Gasteiger partial charge >= 0.3 is 0 Å². The molecule has 2 nitrogen and oxygen atoms in total. The Morgan fingerprint density at radius 3 is 2.68 bits per heavy atom. The van der Waals surface area contributed by atoms with Crippen LogP contribution in [0.4, 0.5) is 15.8 Å². The molecule has 19 heavy (non-hydrogen) atoms. The average molecular weight is 295 g/mol. The summed E-state index contributed by atoms with van der Waals surface area (Å²) in [5, 5.41) is 3.83. The third-order valence-electron chi connectivity index (χ3n) is 2.78. The minimum absolute atomic E-state index is 0.140. The van der Waals surface area contributed by atoms with E-state index in [9.17, 15) is 4.39 Å². The summed E-state index contributed by atoms with van der Waals surface area (Å²) in [6.45, 7) is 1.90. The first-order chi connectivity index (χ1) is 8.99. The highest BCUT2D eigenvalue weighted by molar-refractivity contribution is 7.80. The van der Waals surface area contributed by atoms with Crippen LogP contribution in [0.5, 0.6) is 0 Å². The topological polar surface area (TPSA) is 38.0 Å². The summed E-state index contributed by atoms with van der Waals surface area (Å²) >= 11 is 11.0.